The summed E-state index contributed by atoms with van der Waals surface area (Å²) >= 11 is 0. The molecule has 0 aliphatic heterocycles. The molecule has 0 radical (unpaired) electrons. The van der Waals surface area contributed by atoms with E-state index in [-0.39, 0.29) is 70.0 Å². The highest BCUT2D eigenvalue weighted by Gasteiger charge is 2.27. The number of amides is 3. The number of phosphoric acid groups is 2. The molecule has 107 heavy (non-hydrogen) atoms. The van der Waals surface area contributed by atoms with Crippen LogP contribution in [0.3, 0.4) is 0 Å². The third kappa shape index (κ3) is 76.6. The summed E-state index contributed by atoms with van der Waals surface area (Å²) in [5.74, 6) is -0.413. The summed E-state index contributed by atoms with van der Waals surface area (Å²) in [6.45, 7) is 11.9. The second-order valence-electron chi connectivity index (χ2n) is 30.6. The molecule has 0 aliphatic carbocycles. The molecule has 0 spiro atoms. The first-order valence-corrected chi connectivity index (χ1v) is 47.7. The number of esters is 1. The number of carbonyl (C=O) groups excluding carboxylic acids is 3. The average Bonchev–Trinajstić information content (AvgIpc) is 0.920. The molecule has 23 heteroatoms. The van der Waals surface area contributed by atoms with Gasteiger partial charge in [-0.2, -0.15) is 0 Å². The quantitative estimate of drug-likeness (QED) is 0.0122. The predicted molar refractivity (Wildman–Crippen MR) is 439 cm³/mol. The molecule has 0 rings (SSSR count). The van der Waals surface area contributed by atoms with Crippen molar-refractivity contribution in [3.63, 3.8) is 0 Å². The molecule has 0 aromatic heterocycles. The van der Waals surface area contributed by atoms with Crippen molar-refractivity contribution >= 4 is 33.6 Å². The highest BCUT2D eigenvalue weighted by Crippen LogP contribution is 2.44. The van der Waals surface area contributed by atoms with E-state index in [1.807, 2.05) is 0 Å². The molecule has 638 valence electrons. The summed E-state index contributed by atoms with van der Waals surface area (Å²) in [4.78, 5) is 60.6. The number of aliphatic hydroxyl groups is 2. The predicted octanol–water partition coefficient (Wildman–Crippen LogP) is 22.1. The summed E-state index contributed by atoms with van der Waals surface area (Å²) in [7, 11) is -9.36. The summed E-state index contributed by atoms with van der Waals surface area (Å²) in [6, 6.07) is -2.18. The minimum Gasteiger partial charge on any atom is -0.462 e. The first kappa shape index (κ1) is 105. The Morgan fingerprint density at radius 2 is 0.654 bits per heavy atom. The number of aliphatic hydroxyl groups excluding tert-OH is 2. The lowest BCUT2D eigenvalue weighted by Gasteiger charge is -2.25. The normalized spacial score (nSPS) is 14.6. The van der Waals surface area contributed by atoms with Crippen molar-refractivity contribution in [1.82, 2.24) is 21.3 Å². The number of rotatable bonds is 87. The van der Waals surface area contributed by atoms with Crippen LogP contribution in [0.25, 0.3) is 0 Å². The third-order valence-electron chi connectivity index (χ3n) is 20.0. The Morgan fingerprint density at radius 1 is 0.336 bits per heavy atom. The lowest BCUT2D eigenvalue weighted by molar-refractivity contribution is -0.150. The van der Waals surface area contributed by atoms with Crippen LogP contribution < -0.4 is 21.3 Å². The zero-order chi connectivity index (χ0) is 78.5. The van der Waals surface area contributed by atoms with Gasteiger partial charge in [0.15, 0.2) is 6.29 Å². The monoisotopic (exact) mass is 1570 g/mol. The van der Waals surface area contributed by atoms with Gasteiger partial charge in [0.05, 0.1) is 64.4 Å². The second kappa shape index (κ2) is 79.4. The minimum absolute atomic E-state index is 0.0249. The maximum atomic E-state index is 13.3. The van der Waals surface area contributed by atoms with Crippen LogP contribution in [0.4, 0.5) is 4.79 Å². The van der Waals surface area contributed by atoms with Crippen molar-refractivity contribution in [2.45, 2.75) is 457 Å². The maximum Gasteiger partial charge on any atom is 0.472 e. The van der Waals surface area contributed by atoms with Gasteiger partial charge in [-0.1, -0.05) is 337 Å². The minimum atomic E-state index is -4.70. The number of hydrogen-bond donors (Lipinski definition) is 8. The number of unbranched alkanes of at least 4 members (excludes halogenated alkanes) is 45. The molecule has 8 atom stereocenters. The Kier molecular flexibility index (Phi) is 78.1. The molecule has 8 N–H and O–H groups in total. The number of hydrogen-bond acceptors (Lipinski definition) is 16. The molecular weight excluding hydrogens is 1400 g/mol. The smallest absolute Gasteiger partial charge is 0.462 e. The van der Waals surface area contributed by atoms with E-state index in [1.54, 1.807) is 0 Å². The van der Waals surface area contributed by atoms with Crippen molar-refractivity contribution in [3.8, 4) is 0 Å². The molecule has 0 saturated carbocycles. The first-order valence-electron chi connectivity index (χ1n) is 44.7. The lowest BCUT2D eigenvalue weighted by Crippen LogP contribution is -2.44. The Hall–Kier alpha value is -1.81. The van der Waals surface area contributed by atoms with Crippen molar-refractivity contribution in [2.24, 2.45) is 0 Å². The fraction of sp³-hybridized carbons (Fsp3) is 0.964. The van der Waals surface area contributed by atoms with Gasteiger partial charge in [-0.15, -0.1) is 0 Å². The van der Waals surface area contributed by atoms with Crippen LogP contribution in [-0.2, 0) is 55.8 Å². The Bertz CT molecular complexity index is 2030. The number of carbonyl (C=O) groups is 3. The van der Waals surface area contributed by atoms with Gasteiger partial charge in [0.1, 0.15) is 12.3 Å². The first-order chi connectivity index (χ1) is 52.0. The molecule has 0 saturated heterocycles. The summed E-state index contributed by atoms with van der Waals surface area (Å²) in [5.41, 5.74) is 0. The van der Waals surface area contributed by atoms with E-state index in [1.165, 1.54) is 193 Å². The Morgan fingerprint density at radius 3 is 1.06 bits per heavy atom. The zero-order valence-corrected chi connectivity index (χ0v) is 71.5. The number of ether oxygens (including phenoxy) is 4. The van der Waals surface area contributed by atoms with Gasteiger partial charge in [-0.3, -0.25) is 33.0 Å². The van der Waals surface area contributed by atoms with Gasteiger partial charge in [0.25, 0.3) is 0 Å². The fourth-order valence-corrected chi connectivity index (χ4v) is 14.9. The van der Waals surface area contributed by atoms with Gasteiger partial charge in [0.2, 0.25) is 5.91 Å². The van der Waals surface area contributed by atoms with E-state index in [9.17, 15) is 43.5 Å². The maximum absolute atomic E-state index is 13.3. The summed E-state index contributed by atoms with van der Waals surface area (Å²) in [5, 5.41) is 33.2. The number of nitrogens with one attached hydrogen (secondary N) is 4. The summed E-state index contributed by atoms with van der Waals surface area (Å²) in [6.07, 6.45) is 61.2. The molecule has 3 amide bonds. The molecule has 0 aromatic carbocycles. The average molecular weight is 1570 g/mol. The Balaban J connectivity index is 5.56. The van der Waals surface area contributed by atoms with Crippen LogP contribution in [0, 0.1) is 0 Å². The van der Waals surface area contributed by atoms with Crippen molar-refractivity contribution < 1.29 is 80.6 Å². The Labute approximate surface area is 655 Å². The molecule has 0 bridgehead atoms. The van der Waals surface area contributed by atoms with Crippen LogP contribution in [0.5, 0.6) is 0 Å². The van der Waals surface area contributed by atoms with Crippen molar-refractivity contribution in [1.29, 1.82) is 0 Å². The van der Waals surface area contributed by atoms with E-state index in [0.29, 0.717) is 45.1 Å². The van der Waals surface area contributed by atoms with Gasteiger partial charge in [-0.25, -0.2) is 13.9 Å². The van der Waals surface area contributed by atoms with E-state index in [2.05, 4.69) is 62.8 Å². The fourth-order valence-electron chi connectivity index (χ4n) is 13.3. The molecule has 0 fully saturated rings. The third-order valence-corrected chi connectivity index (χ3v) is 22.0. The van der Waals surface area contributed by atoms with Gasteiger partial charge in [-0.05, 0) is 64.2 Å². The highest BCUT2D eigenvalue weighted by molar-refractivity contribution is 7.47. The van der Waals surface area contributed by atoms with Crippen LogP contribution >= 0.6 is 15.6 Å². The molecule has 8 unspecified atom stereocenters. The van der Waals surface area contributed by atoms with Crippen molar-refractivity contribution in [3.05, 3.63) is 0 Å². The van der Waals surface area contributed by atoms with E-state index in [0.717, 1.165) is 141 Å². The largest absolute Gasteiger partial charge is 0.472 e. The molecule has 0 aliphatic rings. The van der Waals surface area contributed by atoms with Crippen LogP contribution in [-0.4, -0.2) is 141 Å². The topological polar surface area (TPSA) is 288 Å². The molecule has 0 aromatic rings. The number of phosphoric ester groups is 2. The number of urea groups is 1. The molecular formula is C84H170N4O17P2. The van der Waals surface area contributed by atoms with E-state index in [4.69, 9.17) is 37.0 Å². The van der Waals surface area contributed by atoms with Gasteiger partial charge >= 0.3 is 27.6 Å². The molecule has 0 heterocycles. The van der Waals surface area contributed by atoms with E-state index >= 15 is 0 Å². The van der Waals surface area contributed by atoms with E-state index < -0.39 is 66.1 Å². The lowest BCUT2D eigenvalue weighted by atomic mass is 10.0. The zero-order valence-electron chi connectivity index (χ0n) is 69.7. The standard InChI is InChI=1S/C84H170N4O17P2/c1-7-13-19-25-29-33-36-39-42-48-54-60-80(89)87-76(72-98-68-64-78(58-52-46-23-17-11-5)104-82(91)62-56-50-44-38-32-28-22-16-10-4)74-102-106(94,95)100-70-66-85-84(93)86-67-71-101-107(96,97)103-75-77(88-81(90)61-55-49-43-40-37-34-30-26-20-14-8-2)73-99-69-65-79(59-53-47-24-18-12-6)105-83(92)63-57-51-45-41-35-31-27-21-15-9-3/h76-80,82,87,89,91H,7-75H2,1-6H3,(H,88,90)(H,94,95)(H,96,97)(H2,85,86,93). The van der Waals surface area contributed by atoms with Crippen LogP contribution in [0.2, 0.25) is 0 Å². The highest BCUT2D eigenvalue weighted by atomic mass is 31.2. The van der Waals surface area contributed by atoms with Crippen LogP contribution in [0.1, 0.15) is 420 Å². The van der Waals surface area contributed by atoms with Crippen molar-refractivity contribution in [2.75, 3.05) is 65.9 Å². The SMILES string of the molecule is CCCCCCCCCCCCCC(=O)NC(COCCC(CCCCCCC)OC(=O)CCCCCCCCCCCC)COP(=O)(O)OCCNC(=O)NCCOP(=O)(O)OCC(COCCC(CCCCCCC)OC(O)CCCCCCCCCCC)NC(O)CCCCCCCCCCCCC. The van der Waals surface area contributed by atoms with Gasteiger partial charge < -0.3 is 54.9 Å². The second-order valence-corrected chi connectivity index (χ2v) is 33.5. The van der Waals surface area contributed by atoms with Gasteiger partial charge in [0, 0.05) is 39.0 Å². The summed E-state index contributed by atoms with van der Waals surface area (Å²) < 4.78 is 72.1. The molecule has 21 nitrogen and oxygen atoms in total. The van der Waals surface area contributed by atoms with Crippen LogP contribution in [0.15, 0.2) is 0 Å².